The van der Waals surface area contributed by atoms with Gasteiger partial charge in [-0.2, -0.15) is 0 Å². The first-order valence-electron chi connectivity index (χ1n) is 7.55. The topological polar surface area (TPSA) is 83.9 Å². The molecule has 1 aromatic carbocycles. The number of carbonyl (C=O) groups excluding carboxylic acids is 2. The summed E-state index contributed by atoms with van der Waals surface area (Å²) in [5, 5.41) is 8.85. The van der Waals surface area contributed by atoms with Crippen molar-refractivity contribution in [2.24, 2.45) is 0 Å². The van der Waals surface area contributed by atoms with Gasteiger partial charge >= 0.3 is 5.97 Å². The lowest BCUT2D eigenvalue weighted by Gasteiger charge is -2.22. The van der Waals surface area contributed by atoms with Crippen LogP contribution in [-0.4, -0.2) is 48.4 Å². The van der Waals surface area contributed by atoms with Crippen LogP contribution in [-0.2, 0) is 14.4 Å². The smallest absolute Gasteiger partial charge is 0.341 e. The zero-order valence-electron chi connectivity index (χ0n) is 13.8. The number of carbonyl (C=O) groups is 3. The van der Waals surface area contributed by atoms with Crippen molar-refractivity contribution in [2.45, 2.75) is 19.3 Å². The molecule has 0 heterocycles. The predicted molar refractivity (Wildman–Crippen MR) is 94.1 cm³/mol. The van der Waals surface area contributed by atoms with Gasteiger partial charge in [-0.25, -0.2) is 4.79 Å². The van der Waals surface area contributed by atoms with Gasteiger partial charge in [-0.3, -0.25) is 9.59 Å². The SMILES string of the molecule is CN(C)C(=O)C1=C(c2ccc(OCC(=O)O)c(Cl)c2Cl)CCCC1=O. The summed E-state index contributed by atoms with van der Waals surface area (Å²) in [6.07, 6.45) is 1.44. The van der Waals surface area contributed by atoms with Gasteiger partial charge in [-0.15, -0.1) is 0 Å². The molecule has 134 valence electrons. The lowest BCUT2D eigenvalue weighted by molar-refractivity contribution is -0.139. The molecule has 0 aliphatic heterocycles. The summed E-state index contributed by atoms with van der Waals surface area (Å²) >= 11 is 12.5. The predicted octanol–water partition coefficient (Wildman–Crippen LogP) is 3.05. The van der Waals surface area contributed by atoms with Gasteiger partial charge in [0.1, 0.15) is 10.8 Å². The van der Waals surface area contributed by atoms with Crippen LogP contribution in [0.1, 0.15) is 24.8 Å². The van der Waals surface area contributed by atoms with Gasteiger partial charge in [0, 0.05) is 20.5 Å². The second-order valence-corrected chi connectivity index (χ2v) is 6.51. The minimum absolute atomic E-state index is 0.0441. The van der Waals surface area contributed by atoms with Crippen LogP contribution >= 0.6 is 23.2 Å². The van der Waals surface area contributed by atoms with E-state index in [0.717, 1.165) is 0 Å². The molecule has 25 heavy (non-hydrogen) atoms. The van der Waals surface area contributed by atoms with E-state index in [1.807, 2.05) is 0 Å². The Hall–Kier alpha value is -2.05. The van der Waals surface area contributed by atoms with Crippen molar-refractivity contribution < 1.29 is 24.2 Å². The first kappa shape index (κ1) is 19.3. The summed E-state index contributed by atoms with van der Waals surface area (Å²) in [5.41, 5.74) is 1.15. The van der Waals surface area contributed by atoms with Gasteiger partial charge in [0.15, 0.2) is 12.4 Å². The Morgan fingerprint density at radius 2 is 1.88 bits per heavy atom. The molecule has 1 aliphatic carbocycles. The Labute approximate surface area is 155 Å². The van der Waals surface area contributed by atoms with E-state index in [9.17, 15) is 14.4 Å². The van der Waals surface area contributed by atoms with Crippen LogP contribution in [0.2, 0.25) is 10.0 Å². The number of Topliss-reactive ketones (excluding diaryl/α,β-unsaturated/α-hetero) is 1. The Morgan fingerprint density at radius 3 is 2.48 bits per heavy atom. The van der Waals surface area contributed by atoms with Crippen LogP contribution in [0.15, 0.2) is 17.7 Å². The van der Waals surface area contributed by atoms with Gasteiger partial charge in [0.05, 0.1) is 10.6 Å². The Kier molecular flexibility index (Phi) is 6.08. The van der Waals surface area contributed by atoms with Crippen molar-refractivity contribution in [3.63, 3.8) is 0 Å². The second kappa shape index (κ2) is 7.89. The molecule has 0 saturated heterocycles. The van der Waals surface area contributed by atoms with E-state index < -0.39 is 12.6 Å². The van der Waals surface area contributed by atoms with Crippen molar-refractivity contribution in [2.75, 3.05) is 20.7 Å². The molecular formula is C17H17Cl2NO5. The highest BCUT2D eigenvalue weighted by atomic mass is 35.5. The molecule has 0 spiro atoms. The number of ether oxygens (including phenoxy) is 1. The van der Waals surface area contributed by atoms with Crippen molar-refractivity contribution in [1.29, 1.82) is 0 Å². The quantitative estimate of drug-likeness (QED) is 0.787. The van der Waals surface area contributed by atoms with Crippen molar-refractivity contribution in [3.05, 3.63) is 33.3 Å². The number of hydrogen-bond acceptors (Lipinski definition) is 4. The highest BCUT2D eigenvalue weighted by molar-refractivity contribution is 6.44. The van der Waals surface area contributed by atoms with E-state index in [4.69, 9.17) is 33.0 Å². The molecule has 0 atom stereocenters. The Balaban J connectivity index is 2.53. The van der Waals surface area contributed by atoms with Crippen molar-refractivity contribution in [1.82, 2.24) is 4.90 Å². The van der Waals surface area contributed by atoms with Crippen LogP contribution in [0, 0.1) is 0 Å². The average molecular weight is 386 g/mol. The molecule has 0 saturated carbocycles. The van der Waals surface area contributed by atoms with Crippen LogP contribution in [0.5, 0.6) is 5.75 Å². The summed E-state index contributed by atoms with van der Waals surface area (Å²) in [7, 11) is 3.15. The average Bonchev–Trinajstić information content (AvgIpc) is 2.55. The number of carboxylic acids is 1. The molecule has 1 aliphatic rings. The Morgan fingerprint density at radius 1 is 1.20 bits per heavy atom. The van der Waals surface area contributed by atoms with Crippen molar-refractivity contribution in [3.8, 4) is 5.75 Å². The van der Waals surface area contributed by atoms with Crippen LogP contribution < -0.4 is 4.74 Å². The number of likely N-dealkylation sites (N-methyl/N-ethyl adjacent to an activating group) is 1. The third-order valence-corrected chi connectivity index (χ3v) is 4.62. The first-order valence-corrected chi connectivity index (χ1v) is 8.30. The molecule has 0 radical (unpaired) electrons. The monoisotopic (exact) mass is 385 g/mol. The summed E-state index contributed by atoms with van der Waals surface area (Å²) in [4.78, 5) is 36.7. The summed E-state index contributed by atoms with van der Waals surface area (Å²) < 4.78 is 5.08. The highest BCUT2D eigenvalue weighted by Crippen LogP contribution is 2.41. The number of hydrogen-bond donors (Lipinski definition) is 1. The lowest BCUT2D eigenvalue weighted by atomic mass is 9.85. The fourth-order valence-corrected chi connectivity index (χ4v) is 3.09. The molecule has 1 aromatic rings. The minimum Gasteiger partial charge on any atom is -0.480 e. The van der Waals surface area contributed by atoms with Crippen LogP contribution in [0.4, 0.5) is 0 Å². The van der Waals surface area contributed by atoms with Gasteiger partial charge in [-0.05, 0) is 36.1 Å². The van der Waals surface area contributed by atoms with E-state index in [0.29, 0.717) is 30.4 Å². The Bertz CT molecular complexity index is 771. The van der Waals surface area contributed by atoms with E-state index >= 15 is 0 Å². The molecule has 1 N–H and O–H groups in total. The number of aliphatic carboxylic acids is 1. The summed E-state index contributed by atoms with van der Waals surface area (Å²) in [5.74, 6) is -1.62. The normalized spacial score (nSPS) is 14.5. The van der Waals surface area contributed by atoms with Gasteiger partial charge in [0.2, 0.25) is 0 Å². The van der Waals surface area contributed by atoms with E-state index in [2.05, 4.69) is 0 Å². The van der Waals surface area contributed by atoms with E-state index in [1.54, 1.807) is 20.2 Å². The maximum absolute atomic E-state index is 12.4. The molecule has 0 aromatic heterocycles. The van der Waals surface area contributed by atoms with E-state index in [1.165, 1.54) is 11.0 Å². The highest BCUT2D eigenvalue weighted by Gasteiger charge is 2.29. The standard InChI is InChI=1S/C17H17Cl2NO5/c1-20(2)17(24)14-9(4-3-5-11(14)21)10-6-7-12(16(19)15(10)18)25-8-13(22)23/h6-7H,3-5,8H2,1-2H3,(H,22,23). The zero-order chi connectivity index (χ0) is 18.7. The molecule has 1 amide bonds. The molecule has 0 bridgehead atoms. The number of nitrogens with zero attached hydrogens (tertiary/aromatic N) is 1. The number of ketones is 1. The largest absolute Gasteiger partial charge is 0.480 e. The molecule has 6 nitrogen and oxygen atoms in total. The third-order valence-electron chi connectivity index (χ3n) is 3.75. The van der Waals surface area contributed by atoms with Gasteiger partial charge < -0.3 is 14.7 Å². The zero-order valence-corrected chi connectivity index (χ0v) is 15.3. The number of halogens is 2. The fourth-order valence-electron chi connectivity index (χ4n) is 2.60. The second-order valence-electron chi connectivity index (χ2n) is 5.75. The summed E-state index contributed by atoms with van der Waals surface area (Å²) in [6.45, 7) is -0.555. The third kappa shape index (κ3) is 4.14. The fraction of sp³-hybridized carbons (Fsp3) is 0.353. The number of rotatable bonds is 5. The molecule has 2 rings (SSSR count). The first-order chi connectivity index (χ1) is 11.7. The molecule has 8 heteroatoms. The molecule has 0 unspecified atom stereocenters. The van der Waals surface area contributed by atoms with E-state index in [-0.39, 0.29) is 33.1 Å². The minimum atomic E-state index is -1.14. The van der Waals surface area contributed by atoms with Crippen molar-refractivity contribution >= 4 is 46.4 Å². The molecular weight excluding hydrogens is 369 g/mol. The number of allylic oxidation sites excluding steroid dienone is 1. The number of carboxylic acid groups (broad SMARTS) is 1. The number of amides is 1. The van der Waals surface area contributed by atoms with Crippen LogP contribution in [0.25, 0.3) is 5.57 Å². The summed E-state index contributed by atoms with van der Waals surface area (Å²) in [6, 6.07) is 3.07. The number of benzene rings is 1. The maximum Gasteiger partial charge on any atom is 0.341 e. The maximum atomic E-state index is 12.4. The van der Waals surface area contributed by atoms with Crippen LogP contribution in [0.3, 0.4) is 0 Å². The lowest BCUT2D eigenvalue weighted by Crippen LogP contribution is -2.30. The van der Waals surface area contributed by atoms with Gasteiger partial charge in [-0.1, -0.05) is 23.2 Å². The molecule has 0 fully saturated rings. The van der Waals surface area contributed by atoms with Gasteiger partial charge in [0.25, 0.3) is 5.91 Å².